The minimum absolute atomic E-state index is 0.269. The van der Waals surface area contributed by atoms with Crippen LogP contribution < -0.4 is 5.32 Å². The fraction of sp³-hybridized carbons (Fsp3) is 0.696. The van der Waals surface area contributed by atoms with E-state index >= 15 is 0 Å². The van der Waals surface area contributed by atoms with Gasteiger partial charge < -0.3 is 15.0 Å². The van der Waals surface area contributed by atoms with Crippen LogP contribution in [0.4, 0.5) is 0 Å². The predicted molar refractivity (Wildman–Crippen MR) is 108 cm³/mol. The molecule has 27 heavy (non-hydrogen) atoms. The van der Waals surface area contributed by atoms with E-state index in [0.29, 0.717) is 12.1 Å². The van der Waals surface area contributed by atoms with Crippen LogP contribution in [0.2, 0.25) is 0 Å². The Morgan fingerprint density at radius 3 is 2.44 bits per heavy atom. The van der Waals surface area contributed by atoms with Crippen molar-refractivity contribution in [3.05, 3.63) is 35.9 Å². The molecule has 1 amide bonds. The second-order valence-corrected chi connectivity index (χ2v) is 8.69. The van der Waals surface area contributed by atoms with Crippen LogP contribution in [-0.2, 0) is 14.9 Å². The van der Waals surface area contributed by atoms with Gasteiger partial charge in [0.2, 0.25) is 5.91 Å². The summed E-state index contributed by atoms with van der Waals surface area (Å²) >= 11 is 0. The van der Waals surface area contributed by atoms with Gasteiger partial charge in [0.15, 0.2) is 0 Å². The van der Waals surface area contributed by atoms with Gasteiger partial charge in [-0.05, 0) is 44.1 Å². The highest BCUT2D eigenvalue weighted by Gasteiger charge is 2.41. The highest BCUT2D eigenvalue weighted by molar-refractivity contribution is 5.88. The number of likely N-dealkylation sites (tertiary alicyclic amines) is 1. The monoisotopic (exact) mass is 370 g/mol. The van der Waals surface area contributed by atoms with Crippen LogP contribution in [0.15, 0.2) is 30.3 Å². The summed E-state index contributed by atoms with van der Waals surface area (Å²) in [6, 6.07) is 10.8. The molecule has 1 aliphatic carbocycles. The van der Waals surface area contributed by atoms with Crippen molar-refractivity contribution in [3.63, 3.8) is 0 Å². The SMILES string of the molecule is O=C(NC1CCN(C[C@@H]2CCCO2)CC1)C1(c2ccccc2)CCCCC1. The maximum atomic E-state index is 13.4. The van der Waals surface area contributed by atoms with Crippen molar-refractivity contribution in [2.45, 2.75) is 75.3 Å². The van der Waals surface area contributed by atoms with Crippen LogP contribution in [0.25, 0.3) is 0 Å². The van der Waals surface area contributed by atoms with Gasteiger partial charge in [0.1, 0.15) is 0 Å². The normalized spacial score (nSPS) is 26.7. The van der Waals surface area contributed by atoms with Gasteiger partial charge in [0.25, 0.3) is 0 Å². The molecule has 2 heterocycles. The first-order valence-corrected chi connectivity index (χ1v) is 11.0. The number of nitrogens with one attached hydrogen (secondary N) is 1. The lowest BCUT2D eigenvalue weighted by molar-refractivity contribution is -0.129. The maximum absolute atomic E-state index is 13.4. The van der Waals surface area contributed by atoms with Crippen LogP contribution in [0.1, 0.15) is 63.4 Å². The molecule has 0 aromatic heterocycles. The molecule has 1 N–H and O–H groups in total. The standard InChI is InChI=1S/C23H34N2O2/c26-22(23(13-5-2-6-14-23)19-8-3-1-4-9-19)24-20-11-15-25(16-12-20)18-21-10-7-17-27-21/h1,3-4,8-9,20-21H,2,5-7,10-18H2,(H,24,26)/t21-/m0/s1. The third-order valence-electron chi connectivity index (χ3n) is 6.88. The van der Waals surface area contributed by atoms with Crippen molar-refractivity contribution < 1.29 is 9.53 Å². The number of rotatable bonds is 5. The van der Waals surface area contributed by atoms with Crippen LogP contribution in [0.5, 0.6) is 0 Å². The smallest absolute Gasteiger partial charge is 0.230 e. The minimum Gasteiger partial charge on any atom is -0.377 e. The largest absolute Gasteiger partial charge is 0.377 e. The molecule has 4 heteroatoms. The van der Waals surface area contributed by atoms with E-state index in [1.165, 1.54) is 24.8 Å². The van der Waals surface area contributed by atoms with Crippen molar-refractivity contribution in [3.8, 4) is 0 Å². The molecular formula is C23H34N2O2. The van der Waals surface area contributed by atoms with E-state index in [0.717, 1.165) is 64.8 Å². The number of piperidine rings is 1. The number of ether oxygens (including phenoxy) is 1. The molecular weight excluding hydrogens is 336 g/mol. The Balaban J connectivity index is 1.35. The molecule has 0 unspecified atom stereocenters. The molecule has 1 saturated carbocycles. The van der Waals surface area contributed by atoms with Gasteiger partial charge in [0.05, 0.1) is 11.5 Å². The molecule has 1 aromatic carbocycles. The second-order valence-electron chi connectivity index (χ2n) is 8.69. The summed E-state index contributed by atoms with van der Waals surface area (Å²) in [7, 11) is 0. The fourth-order valence-electron chi connectivity index (χ4n) is 5.22. The molecule has 1 atom stereocenters. The lowest BCUT2D eigenvalue weighted by Gasteiger charge is -2.39. The fourth-order valence-corrected chi connectivity index (χ4v) is 5.22. The first kappa shape index (κ1) is 18.9. The Kier molecular flexibility index (Phi) is 6.14. The number of carbonyl (C=O) groups is 1. The highest BCUT2D eigenvalue weighted by atomic mass is 16.5. The first-order chi connectivity index (χ1) is 13.3. The predicted octanol–water partition coefficient (Wildman–Crippen LogP) is 3.65. The molecule has 0 spiro atoms. The molecule has 148 valence electrons. The molecule has 0 bridgehead atoms. The lowest BCUT2D eigenvalue weighted by atomic mass is 9.68. The third kappa shape index (κ3) is 4.38. The summed E-state index contributed by atoms with van der Waals surface area (Å²) in [5.41, 5.74) is 0.895. The summed E-state index contributed by atoms with van der Waals surface area (Å²) < 4.78 is 5.78. The van der Waals surface area contributed by atoms with E-state index in [4.69, 9.17) is 4.74 Å². The molecule has 2 aliphatic heterocycles. The van der Waals surface area contributed by atoms with Gasteiger partial charge >= 0.3 is 0 Å². The highest BCUT2D eigenvalue weighted by Crippen LogP contribution is 2.40. The summed E-state index contributed by atoms with van der Waals surface area (Å²) in [5, 5.41) is 3.45. The molecule has 0 radical (unpaired) electrons. The van der Waals surface area contributed by atoms with Crippen molar-refractivity contribution in [2.24, 2.45) is 0 Å². The topological polar surface area (TPSA) is 41.6 Å². The number of amides is 1. The molecule has 4 rings (SSSR count). The first-order valence-electron chi connectivity index (χ1n) is 11.0. The van der Waals surface area contributed by atoms with Crippen molar-refractivity contribution in [2.75, 3.05) is 26.2 Å². The van der Waals surface area contributed by atoms with Gasteiger partial charge in [-0.1, -0.05) is 49.6 Å². The van der Waals surface area contributed by atoms with E-state index in [9.17, 15) is 4.79 Å². The van der Waals surface area contributed by atoms with Crippen molar-refractivity contribution >= 4 is 5.91 Å². The van der Waals surface area contributed by atoms with Crippen LogP contribution >= 0.6 is 0 Å². The Hall–Kier alpha value is -1.39. The molecule has 2 saturated heterocycles. The van der Waals surface area contributed by atoms with Crippen LogP contribution in [0.3, 0.4) is 0 Å². The Bertz CT molecular complexity index is 598. The summed E-state index contributed by atoms with van der Waals surface area (Å²) in [6.45, 7) is 4.14. The zero-order valence-electron chi connectivity index (χ0n) is 16.5. The maximum Gasteiger partial charge on any atom is 0.230 e. The summed E-state index contributed by atoms with van der Waals surface area (Å²) in [4.78, 5) is 15.9. The summed E-state index contributed by atoms with van der Waals surface area (Å²) in [5.74, 6) is 0.269. The van der Waals surface area contributed by atoms with Gasteiger partial charge in [-0.25, -0.2) is 0 Å². The van der Waals surface area contributed by atoms with Gasteiger partial charge in [-0.3, -0.25) is 4.79 Å². The molecule has 1 aromatic rings. The van der Waals surface area contributed by atoms with Gasteiger partial charge in [0, 0.05) is 32.3 Å². The molecule has 4 nitrogen and oxygen atoms in total. The average molecular weight is 371 g/mol. The van der Waals surface area contributed by atoms with E-state index < -0.39 is 0 Å². The van der Waals surface area contributed by atoms with Gasteiger partial charge in [-0.2, -0.15) is 0 Å². The van der Waals surface area contributed by atoms with Gasteiger partial charge in [-0.15, -0.1) is 0 Å². The number of hydrogen-bond donors (Lipinski definition) is 1. The van der Waals surface area contributed by atoms with Crippen molar-refractivity contribution in [1.29, 1.82) is 0 Å². The lowest BCUT2D eigenvalue weighted by Crippen LogP contribution is -2.52. The average Bonchev–Trinajstić information content (AvgIpc) is 3.24. The zero-order chi connectivity index (χ0) is 18.5. The Morgan fingerprint density at radius 1 is 1.04 bits per heavy atom. The second kappa shape index (κ2) is 8.74. The number of nitrogens with zero attached hydrogens (tertiary/aromatic N) is 1. The number of carbonyl (C=O) groups excluding carboxylic acids is 1. The third-order valence-corrected chi connectivity index (χ3v) is 6.88. The number of hydrogen-bond acceptors (Lipinski definition) is 3. The Labute approximate surface area is 163 Å². The van der Waals surface area contributed by atoms with Crippen LogP contribution in [0, 0.1) is 0 Å². The van der Waals surface area contributed by atoms with Crippen LogP contribution in [-0.4, -0.2) is 49.2 Å². The number of benzene rings is 1. The molecule has 3 aliphatic rings. The van der Waals surface area contributed by atoms with E-state index in [-0.39, 0.29) is 11.3 Å². The van der Waals surface area contributed by atoms with Crippen molar-refractivity contribution in [1.82, 2.24) is 10.2 Å². The summed E-state index contributed by atoms with van der Waals surface area (Å²) in [6.07, 6.45) is 10.5. The van der Waals surface area contributed by atoms with E-state index in [1.807, 2.05) is 6.07 Å². The zero-order valence-corrected chi connectivity index (χ0v) is 16.5. The van der Waals surface area contributed by atoms with E-state index in [2.05, 4.69) is 34.5 Å². The Morgan fingerprint density at radius 2 is 1.78 bits per heavy atom. The molecule has 3 fully saturated rings. The van der Waals surface area contributed by atoms with E-state index in [1.54, 1.807) is 0 Å². The quantitative estimate of drug-likeness (QED) is 0.860. The minimum atomic E-state index is -0.311.